The van der Waals surface area contributed by atoms with Crippen molar-refractivity contribution in [1.29, 1.82) is 0 Å². The molecule has 1 aromatic rings. The van der Waals surface area contributed by atoms with E-state index in [1.54, 1.807) is 0 Å². The van der Waals surface area contributed by atoms with Crippen molar-refractivity contribution in [3.05, 3.63) is 12.4 Å². The van der Waals surface area contributed by atoms with Crippen molar-refractivity contribution in [1.82, 2.24) is 15.1 Å². The number of rotatable bonds is 7. The third-order valence-electron chi connectivity index (χ3n) is 2.45. The maximum Gasteiger partial charge on any atom is 0.328 e. The number of nitrogens with two attached hydrogens (primary N) is 1. The Kier molecular flexibility index (Phi) is 5.84. The van der Waals surface area contributed by atoms with E-state index in [4.69, 9.17) is 10.5 Å². The highest BCUT2D eigenvalue weighted by Gasteiger charge is 2.17. The fourth-order valence-electron chi connectivity index (χ4n) is 1.42. The van der Waals surface area contributed by atoms with Gasteiger partial charge < -0.3 is 15.8 Å². The Hall–Kier alpha value is -2.05. The molecule has 0 saturated heterocycles. The highest BCUT2D eigenvalue weighted by molar-refractivity contribution is 5.83. The first-order chi connectivity index (χ1) is 9.02. The fourth-order valence-corrected chi connectivity index (χ4v) is 1.42. The van der Waals surface area contributed by atoms with Crippen LogP contribution in [-0.4, -0.2) is 34.3 Å². The van der Waals surface area contributed by atoms with Gasteiger partial charge in [0.25, 0.3) is 5.91 Å². The van der Waals surface area contributed by atoms with Crippen LogP contribution >= 0.6 is 0 Å². The van der Waals surface area contributed by atoms with Crippen molar-refractivity contribution >= 4 is 17.6 Å². The number of nitrogens with zero attached hydrogens (tertiary/aromatic N) is 2. The molecule has 0 radical (unpaired) electrons. The van der Waals surface area contributed by atoms with E-state index in [1.807, 2.05) is 6.92 Å². The Morgan fingerprint density at radius 3 is 2.89 bits per heavy atom. The number of unbranched alkanes of at least 4 members (excludes halogenated alkanes) is 1. The lowest BCUT2D eigenvalue weighted by molar-refractivity contribution is -0.155. The Morgan fingerprint density at radius 2 is 2.32 bits per heavy atom. The molecule has 1 atom stereocenters. The second-order valence-electron chi connectivity index (χ2n) is 4.25. The van der Waals surface area contributed by atoms with Gasteiger partial charge in [0.2, 0.25) is 0 Å². The molecule has 1 amide bonds. The van der Waals surface area contributed by atoms with Crippen molar-refractivity contribution < 1.29 is 14.3 Å². The summed E-state index contributed by atoms with van der Waals surface area (Å²) >= 11 is 0. The van der Waals surface area contributed by atoms with E-state index in [9.17, 15) is 9.59 Å². The molecule has 0 spiro atoms. The summed E-state index contributed by atoms with van der Waals surface area (Å²) in [7, 11) is 0. The number of amides is 1. The number of hydrogen-bond acceptors (Lipinski definition) is 5. The lowest BCUT2D eigenvalue weighted by Gasteiger charge is -2.13. The molecule has 1 aromatic heterocycles. The quantitative estimate of drug-likeness (QED) is 0.548. The molecule has 106 valence electrons. The summed E-state index contributed by atoms with van der Waals surface area (Å²) in [5.41, 5.74) is 5.94. The zero-order chi connectivity index (χ0) is 14.3. The minimum atomic E-state index is -0.808. The Labute approximate surface area is 112 Å². The van der Waals surface area contributed by atoms with Gasteiger partial charge in [0, 0.05) is 12.7 Å². The Balaban J connectivity index is 2.32. The van der Waals surface area contributed by atoms with E-state index >= 15 is 0 Å². The van der Waals surface area contributed by atoms with Gasteiger partial charge in [0.15, 0.2) is 6.10 Å². The van der Waals surface area contributed by atoms with Gasteiger partial charge in [-0.3, -0.25) is 14.3 Å². The van der Waals surface area contributed by atoms with Gasteiger partial charge >= 0.3 is 5.97 Å². The molecule has 0 bridgehead atoms. The smallest absolute Gasteiger partial charge is 0.328 e. The van der Waals surface area contributed by atoms with Gasteiger partial charge in [-0.2, -0.15) is 5.10 Å². The van der Waals surface area contributed by atoms with Gasteiger partial charge in [-0.25, -0.2) is 0 Å². The van der Waals surface area contributed by atoms with E-state index in [2.05, 4.69) is 10.4 Å². The number of ether oxygens (including phenoxy) is 1. The largest absolute Gasteiger partial charge is 0.451 e. The predicted octanol–water partition coefficient (Wildman–Crippen LogP) is 0.313. The molecule has 0 aliphatic rings. The van der Waals surface area contributed by atoms with E-state index in [0.717, 1.165) is 12.8 Å². The van der Waals surface area contributed by atoms with Crippen LogP contribution in [0.5, 0.6) is 0 Å². The number of nitrogen functional groups attached to an aromatic ring is 1. The van der Waals surface area contributed by atoms with Crippen LogP contribution < -0.4 is 11.1 Å². The van der Waals surface area contributed by atoms with Gasteiger partial charge in [-0.15, -0.1) is 0 Å². The maximum absolute atomic E-state index is 11.6. The molecule has 0 saturated carbocycles. The first kappa shape index (κ1) is 15.0. The molecular formula is C12H20N4O3. The second kappa shape index (κ2) is 7.40. The number of aromatic nitrogens is 2. The second-order valence-corrected chi connectivity index (χ2v) is 4.25. The molecular weight excluding hydrogens is 248 g/mol. The third-order valence-corrected chi connectivity index (χ3v) is 2.45. The van der Waals surface area contributed by atoms with Crippen LogP contribution in [0, 0.1) is 0 Å². The summed E-state index contributed by atoms with van der Waals surface area (Å²) in [6.45, 7) is 4.10. The van der Waals surface area contributed by atoms with Gasteiger partial charge in [0.1, 0.15) is 6.54 Å². The third kappa shape index (κ3) is 5.41. The molecule has 19 heavy (non-hydrogen) atoms. The first-order valence-electron chi connectivity index (χ1n) is 6.28. The number of hydrogen-bond donors (Lipinski definition) is 2. The van der Waals surface area contributed by atoms with Crippen LogP contribution in [0.3, 0.4) is 0 Å². The van der Waals surface area contributed by atoms with Crippen LogP contribution in [0.1, 0.15) is 26.7 Å². The van der Waals surface area contributed by atoms with Crippen LogP contribution in [0.4, 0.5) is 5.69 Å². The first-order valence-corrected chi connectivity index (χ1v) is 6.28. The lowest BCUT2D eigenvalue weighted by atomic mass is 10.3. The number of nitrogens with one attached hydrogen (secondary N) is 1. The molecule has 3 N–H and O–H groups in total. The van der Waals surface area contributed by atoms with Crippen molar-refractivity contribution in [2.24, 2.45) is 0 Å². The van der Waals surface area contributed by atoms with Crippen LogP contribution in [0.2, 0.25) is 0 Å². The fraction of sp³-hybridized carbons (Fsp3) is 0.583. The van der Waals surface area contributed by atoms with E-state index in [1.165, 1.54) is 24.0 Å². The standard InChI is InChI=1S/C12H20N4O3/c1-3-4-5-14-12(18)9(2)19-11(17)8-16-7-10(13)6-15-16/h6-7,9H,3-5,8,13H2,1-2H3,(H,14,18). The van der Waals surface area contributed by atoms with Gasteiger partial charge in [-0.05, 0) is 13.3 Å². The lowest BCUT2D eigenvalue weighted by Crippen LogP contribution is -2.36. The summed E-state index contributed by atoms with van der Waals surface area (Å²) in [6.07, 6.45) is 4.05. The topological polar surface area (TPSA) is 99.2 Å². The normalized spacial score (nSPS) is 11.9. The van der Waals surface area contributed by atoms with E-state index < -0.39 is 12.1 Å². The van der Waals surface area contributed by atoms with Crippen LogP contribution in [0.15, 0.2) is 12.4 Å². The number of carbonyl (C=O) groups excluding carboxylic acids is 2. The summed E-state index contributed by atoms with van der Waals surface area (Å²) in [6, 6.07) is 0. The SMILES string of the molecule is CCCCNC(=O)C(C)OC(=O)Cn1cc(N)cn1. The molecule has 7 nitrogen and oxygen atoms in total. The Bertz CT molecular complexity index is 430. The molecule has 1 unspecified atom stereocenters. The zero-order valence-electron chi connectivity index (χ0n) is 11.3. The van der Waals surface area contributed by atoms with Gasteiger partial charge in [-0.1, -0.05) is 13.3 Å². The minimum absolute atomic E-state index is 0.0657. The summed E-state index contributed by atoms with van der Waals surface area (Å²) in [5, 5.41) is 6.56. The number of esters is 1. The molecule has 1 rings (SSSR count). The van der Waals surface area contributed by atoms with E-state index in [0.29, 0.717) is 12.2 Å². The minimum Gasteiger partial charge on any atom is -0.451 e. The van der Waals surface area contributed by atoms with Crippen molar-refractivity contribution in [2.45, 2.75) is 39.3 Å². The molecule has 0 aromatic carbocycles. The van der Waals surface area contributed by atoms with Crippen molar-refractivity contribution in [3.8, 4) is 0 Å². The molecule has 0 fully saturated rings. The van der Waals surface area contributed by atoms with Crippen molar-refractivity contribution in [2.75, 3.05) is 12.3 Å². The Morgan fingerprint density at radius 1 is 1.58 bits per heavy atom. The highest BCUT2D eigenvalue weighted by atomic mass is 16.5. The average molecular weight is 268 g/mol. The molecule has 0 aliphatic carbocycles. The van der Waals surface area contributed by atoms with Crippen LogP contribution in [0.25, 0.3) is 0 Å². The van der Waals surface area contributed by atoms with Crippen LogP contribution in [-0.2, 0) is 20.9 Å². The van der Waals surface area contributed by atoms with E-state index in [-0.39, 0.29) is 12.5 Å². The molecule has 7 heteroatoms. The number of anilines is 1. The highest BCUT2D eigenvalue weighted by Crippen LogP contribution is 2.00. The number of carbonyl (C=O) groups is 2. The molecule has 0 aliphatic heterocycles. The van der Waals surface area contributed by atoms with Crippen molar-refractivity contribution in [3.63, 3.8) is 0 Å². The van der Waals surface area contributed by atoms with Gasteiger partial charge in [0.05, 0.1) is 11.9 Å². The monoisotopic (exact) mass is 268 g/mol. The maximum atomic E-state index is 11.6. The summed E-state index contributed by atoms with van der Waals surface area (Å²) < 4.78 is 6.36. The average Bonchev–Trinajstić information content (AvgIpc) is 2.74. The predicted molar refractivity (Wildman–Crippen MR) is 70.1 cm³/mol. The zero-order valence-corrected chi connectivity index (χ0v) is 11.3. The molecule has 1 heterocycles. The summed E-state index contributed by atoms with van der Waals surface area (Å²) in [4.78, 5) is 23.1. The summed E-state index contributed by atoms with van der Waals surface area (Å²) in [5.74, 6) is -0.817.